The molecule has 3 rings (SSSR count). The molecule has 0 N–H and O–H groups in total. The van der Waals surface area contributed by atoms with Gasteiger partial charge in [-0.15, -0.1) is 11.3 Å². The van der Waals surface area contributed by atoms with Gasteiger partial charge in [0.25, 0.3) is 0 Å². The lowest BCUT2D eigenvalue weighted by Gasteiger charge is -1.96. The highest BCUT2D eigenvalue weighted by Gasteiger charge is 2.14. The second-order valence-electron chi connectivity index (χ2n) is 4.01. The van der Waals surface area contributed by atoms with Crippen molar-refractivity contribution >= 4 is 27.3 Å². The van der Waals surface area contributed by atoms with E-state index in [1.807, 2.05) is 30.3 Å². The minimum absolute atomic E-state index is 0.106. The van der Waals surface area contributed by atoms with Gasteiger partial charge in [-0.05, 0) is 36.4 Å². The molecule has 1 heterocycles. The van der Waals surface area contributed by atoms with Crippen molar-refractivity contribution < 1.29 is 4.79 Å². The SMILES string of the molecule is N#Cc1ccc(C(=O)c2nc3ccccc3s2)cc1. The van der Waals surface area contributed by atoms with Crippen molar-refractivity contribution in [3.63, 3.8) is 0 Å². The molecule has 2 aromatic carbocycles. The average molecular weight is 264 g/mol. The van der Waals surface area contributed by atoms with Crippen molar-refractivity contribution in [2.24, 2.45) is 0 Å². The number of carbonyl (C=O) groups excluding carboxylic acids is 1. The van der Waals surface area contributed by atoms with Gasteiger partial charge in [0.1, 0.15) is 0 Å². The summed E-state index contributed by atoms with van der Waals surface area (Å²) in [6.45, 7) is 0. The summed E-state index contributed by atoms with van der Waals surface area (Å²) in [5.74, 6) is -0.106. The molecule has 19 heavy (non-hydrogen) atoms. The van der Waals surface area contributed by atoms with Gasteiger partial charge in [-0.3, -0.25) is 4.79 Å². The van der Waals surface area contributed by atoms with E-state index in [4.69, 9.17) is 5.26 Å². The fourth-order valence-electron chi connectivity index (χ4n) is 1.79. The molecule has 4 heteroatoms. The molecule has 1 aromatic heterocycles. The molecule has 0 fully saturated rings. The molecule has 0 unspecified atom stereocenters. The Hall–Kier alpha value is -2.51. The summed E-state index contributed by atoms with van der Waals surface area (Å²) in [6.07, 6.45) is 0. The predicted octanol–water partition coefficient (Wildman–Crippen LogP) is 3.40. The van der Waals surface area contributed by atoms with Gasteiger partial charge in [0.15, 0.2) is 5.01 Å². The predicted molar refractivity (Wildman–Crippen MR) is 74.2 cm³/mol. The number of hydrogen-bond acceptors (Lipinski definition) is 4. The Morgan fingerprint density at radius 3 is 2.53 bits per heavy atom. The van der Waals surface area contributed by atoms with E-state index in [1.54, 1.807) is 24.3 Å². The summed E-state index contributed by atoms with van der Waals surface area (Å²) in [6, 6.07) is 16.3. The van der Waals surface area contributed by atoms with Gasteiger partial charge in [-0.25, -0.2) is 4.98 Å². The molecule has 0 atom stereocenters. The van der Waals surface area contributed by atoms with Crippen molar-refractivity contribution in [2.45, 2.75) is 0 Å². The number of fused-ring (bicyclic) bond motifs is 1. The van der Waals surface area contributed by atoms with Crippen LogP contribution in [0, 0.1) is 11.3 Å². The Balaban J connectivity index is 2.00. The van der Waals surface area contributed by atoms with E-state index in [0.29, 0.717) is 16.1 Å². The number of rotatable bonds is 2. The molecule has 0 saturated heterocycles. The highest BCUT2D eigenvalue weighted by Crippen LogP contribution is 2.23. The van der Waals surface area contributed by atoms with Crippen molar-refractivity contribution in [1.29, 1.82) is 5.26 Å². The fraction of sp³-hybridized carbons (Fsp3) is 0. The van der Waals surface area contributed by atoms with Gasteiger partial charge >= 0.3 is 0 Å². The highest BCUT2D eigenvalue weighted by atomic mass is 32.1. The normalized spacial score (nSPS) is 10.3. The van der Waals surface area contributed by atoms with Crippen molar-refractivity contribution in [2.75, 3.05) is 0 Å². The maximum Gasteiger partial charge on any atom is 0.221 e. The van der Waals surface area contributed by atoms with Gasteiger partial charge in [0, 0.05) is 5.56 Å². The molecule has 0 spiro atoms. The van der Waals surface area contributed by atoms with Crippen molar-refractivity contribution in [3.05, 3.63) is 64.7 Å². The number of nitriles is 1. The molecule has 0 saturated carbocycles. The van der Waals surface area contributed by atoms with Crippen LogP contribution in [0.25, 0.3) is 10.2 Å². The Kier molecular flexibility index (Phi) is 2.82. The summed E-state index contributed by atoms with van der Waals surface area (Å²) >= 11 is 1.38. The van der Waals surface area contributed by atoms with Crippen LogP contribution in [0.1, 0.15) is 20.9 Å². The molecule has 0 aliphatic heterocycles. The summed E-state index contributed by atoms with van der Waals surface area (Å²) in [5, 5.41) is 9.21. The third-order valence-corrected chi connectivity index (χ3v) is 3.80. The molecule has 0 radical (unpaired) electrons. The average Bonchev–Trinajstić information content (AvgIpc) is 2.90. The second kappa shape index (κ2) is 4.63. The number of benzene rings is 2. The molecular formula is C15H8N2OS. The minimum Gasteiger partial charge on any atom is -0.286 e. The maximum absolute atomic E-state index is 12.3. The van der Waals surface area contributed by atoms with Crippen LogP contribution >= 0.6 is 11.3 Å². The van der Waals surface area contributed by atoms with Crippen LogP contribution in [0.15, 0.2) is 48.5 Å². The molecule has 0 bridgehead atoms. The molecule has 3 aromatic rings. The lowest BCUT2D eigenvalue weighted by atomic mass is 10.1. The first-order valence-electron chi connectivity index (χ1n) is 5.68. The summed E-state index contributed by atoms with van der Waals surface area (Å²) in [7, 11) is 0. The number of nitrogens with zero attached hydrogens (tertiary/aromatic N) is 2. The Morgan fingerprint density at radius 2 is 1.84 bits per heavy atom. The van der Waals surface area contributed by atoms with E-state index in [9.17, 15) is 4.79 Å². The number of hydrogen-bond donors (Lipinski definition) is 0. The monoisotopic (exact) mass is 264 g/mol. The van der Waals surface area contributed by atoms with Crippen molar-refractivity contribution in [1.82, 2.24) is 4.98 Å². The second-order valence-corrected chi connectivity index (χ2v) is 5.04. The lowest BCUT2D eigenvalue weighted by Crippen LogP contribution is -2.00. The Labute approximate surface area is 113 Å². The zero-order valence-electron chi connectivity index (χ0n) is 9.83. The molecule has 0 aliphatic carbocycles. The minimum atomic E-state index is -0.106. The first kappa shape index (κ1) is 11.6. The van der Waals surface area contributed by atoms with Crippen molar-refractivity contribution in [3.8, 4) is 6.07 Å². The van der Waals surface area contributed by atoms with Gasteiger partial charge in [-0.2, -0.15) is 5.26 Å². The number of para-hydroxylation sites is 1. The molecular weight excluding hydrogens is 256 g/mol. The van der Waals surface area contributed by atoms with Crippen LogP contribution in [0.3, 0.4) is 0 Å². The number of carbonyl (C=O) groups is 1. The molecule has 90 valence electrons. The van der Waals surface area contributed by atoms with Crippen LogP contribution in [0.2, 0.25) is 0 Å². The van der Waals surface area contributed by atoms with E-state index in [-0.39, 0.29) is 5.78 Å². The quantitative estimate of drug-likeness (QED) is 0.666. The summed E-state index contributed by atoms with van der Waals surface area (Å²) in [5.41, 5.74) is 1.93. The molecule has 0 aliphatic rings. The molecule has 3 nitrogen and oxygen atoms in total. The zero-order chi connectivity index (χ0) is 13.2. The first-order chi connectivity index (χ1) is 9.28. The summed E-state index contributed by atoms with van der Waals surface area (Å²) in [4.78, 5) is 16.6. The fourth-order valence-corrected chi connectivity index (χ4v) is 2.72. The Morgan fingerprint density at radius 1 is 1.11 bits per heavy atom. The summed E-state index contributed by atoms with van der Waals surface area (Å²) < 4.78 is 1.000. The largest absolute Gasteiger partial charge is 0.286 e. The standard InChI is InChI=1S/C15H8N2OS/c16-9-10-5-7-11(8-6-10)14(18)15-17-12-3-1-2-4-13(12)19-15/h1-8H. The van der Waals surface area contributed by atoms with Crippen LogP contribution in [0.5, 0.6) is 0 Å². The van der Waals surface area contributed by atoms with E-state index in [1.165, 1.54) is 11.3 Å². The van der Waals surface area contributed by atoms with Gasteiger partial charge in [0.05, 0.1) is 21.8 Å². The number of aromatic nitrogens is 1. The van der Waals surface area contributed by atoms with Crippen LogP contribution in [-0.4, -0.2) is 10.8 Å². The van der Waals surface area contributed by atoms with Gasteiger partial charge in [-0.1, -0.05) is 12.1 Å². The third kappa shape index (κ3) is 2.12. The van der Waals surface area contributed by atoms with Crippen LogP contribution < -0.4 is 0 Å². The lowest BCUT2D eigenvalue weighted by molar-refractivity contribution is 0.103. The van der Waals surface area contributed by atoms with E-state index < -0.39 is 0 Å². The molecule has 0 amide bonds. The van der Waals surface area contributed by atoms with Crippen LogP contribution in [-0.2, 0) is 0 Å². The smallest absolute Gasteiger partial charge is 0.221 e. The first-order valence-corrected chi connectivity index (χ1v) is 6.50. The van der Waals surface area contributed by atoms with E-state index in [0.717, 1.165) is 10.2 Å². The van der Waals surface area contributed by atoms with Gasteiger partial charge < -0.3 is 0 Å². The van der Waals surface area contributed by atoms with Gasteiger partial charge in [0.2, 0.25) is 5.78 Å². The maximum atomic E-state index is 12.3. The van der Waals surface area contributed by atoms with Crippen LogP contribution in [0.4, 0.5) is 0 Å². The number of ketones is 1. The third-order valence-electron chi connectivity index (χ3n) is 2.76. The topological polar surface area (TPSA) is 53.8 Å². The highest BCUT2D eigenvalue weighted by molar-refractivity contribution is 7.20. The Bertz CT molecular complexity index is 764. The number of thiazole rings is 1. The van der Waals surface area contributed by atoms with E-state index >= 15 is 0 Å². The zero-order valence-corrected chi connectivity index (χ0v) is 10.6. The van der Waals surface area contributed by atoms with E-state index in [2.05, 4.69) is 4.98 Å².